The molecule has 0 atom stereocenters. The predicted molar refractivity (Wildman–Crippen MR) is 162 cm³/mol. The number of nitrogens with zero attached hydrogens (tertiary/aromatic N) is 1. The molecule has 5 rings (SSSR count). The average Bonchev–Trinajstić information content (AvgIpc) is 3.64. The van der Waals surface area contributed by atoms with Crippen LogP contribution in [0.1, 0.15) is 59.3 Å². The molecule has 15 heteroatoms. The van der Waals surface area contributed by atoms with Crippen LogP contribution < -0.4 is 11.1 Å². The number of nitrogens with two attached hydrogens (primary N) is 1. The van der Waals surface area contributed by atoms with Gasteiger partial charge >= 0.3 is 12.1 Å². The van der Waals surface area contributed by atoms with E-state index in [-0.39, 0.29) is 11.7 Å². The van der Waals surface area contributed by atoms with Crippen molar-refractivity contribution in [3.05, 3.63) is 45.8 Å². The SMILES string of the molecule is CCS(=O)(=O)N1CCC(c2c[nH]c3c(C(N)=O)cc(-c4csc(CNCC5CCOCC5)c4)cc23)CC1.O=C(O)C(F)(F)F. The van der Waals surface area contributed by atoms with E-state index in [2.05, 4.69) is 27.8 Å². The number of alkyl halides is 3. The van der Waals surface area contributed by atoms with E-state index in [4.69, 9.17) is 20.4 Å². The molecule has 44 heavy (non-hydrogen) atoms. The number of carboxylic acid groups (broad SMARTS) is 1. The third-order valence-corrected chi connectivity index (χ3v) is 10.9. The second kappa shape index (κ2) is 14.4. The first kappa shape index (κ1) is 33.9. The lowest BCUT2D eigenvalue weighted by Gasteiger charge is -2.31. The van der Waals surface area contributed by atoms with Gasteiger partial charge in [0.05, 0.1) is 16.8 Å². The monoisotopic (exact) mass is 658 g/mol. The summed E-state index contributed by atoms with van der Waals surface area (Å²) in [6.07, 6.45) is 0.623. The number of piperidine rings is 1. The summed E-state index contributed by atoms with van der Waals surface area (Å²) in [5, 5.41) is 13.8. The van der Waals surface area contributed by atoms with Crippen molar-refractivity contribution in [3.63, 3.8) is 0 Å². The van der Waals surface area contributed by atoms with E-state index < -0.39 is 28.1 Å². The molecule has 0 radical (unpaired) electrons. The van der Waals surface area contributed by atoms with E-state index >= 15 is 0 Å². The van der Waals surface area contributed by atoms with Crippen molar-refractivity contribution in [1.82, 2.24) is 14.6 Å². The largest absolute Gasteiger partial charge is 0.490 e. The second-order valence-corrected chi connectivity index (χ2v) is 14.2. The first-order valence-corrected chi connectivity index (χ1v) is 16.9. The molecule has 1 amide bonds. The number of aliphatic carboxylic acids is 1. The van der Waals surface area contributed by atoms with Gasteiger partial charge in [0, 0.05) is 49.3 Å². The summed E-state index contributed by atoms with van der Waals surface area (Å²) in [5.41, 5.74) is 10.2. The van der Waals surface area contributed by atoms with E-state index in [0.29, 0.717) is 24.6 Å². The van der Waals surface area contributed by atoms with Gasteiger partial charge < -0.3 is 25.9 Å². The van der Waals surface area contributed by atoms with Crippen molar-refractivity contribution in [2.24, 2.45) is 11.7 Å². The van der Waals surface area contributed by atoms with Crippen LogP contribution in [0.5, 0.6) is 0 Å². The molecule has 2 aliphatic rings. The lowest BCUT2D eigenvalue weighted by molar-refractivity contribution is -0.192. The van der Waals surface area contributed by atoms with Crippen molar-refractivity contribution in [2.75, 3.05) is 38.6 Å². The van der Waals surface area contributed by atoms with Crippen molar-refractivity contribution >= 4 is 44.1 Å². The number of thiophene rings is 1. The number of amides is 1. The third kappa shape index (κ3) is 8.38. The van der Waals surface area contributed by atoms with E-state index in [9.17, 15) is 26.4 Å². The Kier molecular flexibility index (Phi) is 11.1. The number of rotatable bonds is 9. The number of carbonyl (C=O) groups is 2. The van der Waals surface area contributed by atoms with Crippen LogP contribution in [0.15, 0.2) is 29.8 Å². The Bertz CT molecular complexity index is 1560. The molecule has 0 saturated carbocycles. The van der Waals surface area contributed by atoms with Gasteiger partial charge in [0.15, 0.2) is 0 Å². The zero-order valence-electron chi connectivity index (χ0n) is 24.3. The van der Waals surface area contributed by atoms with E-state index in [0.717, 1.165) is 79.6 Å². The second-order valence-electron chi connectivity index (χ2n) is 10.9. The fourth-order valence-corrected chi connectivity index (χ4v) is 7.55. The molecule has 2 fully saturated rings. The smallest absolute Gasteiger partial charge is 0.475 e. The number of aromatic nitrogens is 1. The molecule has 0 bridgehead atoms. The van der Waals surface area contributed by atoms with Crippen LogP contribution in [-0.4, -0.2) is 79.5 Å². The van der Waals surface area contributed by atoms with Gasteiger partial charge in [-0.05, 0) is 91.3 Å². The Balaban J connectivity index is 0.000000566. The van der Waals surface area contributed by atoms with Crippen LogP contribution >= 0.6 is 11.3 Å². The molecule has 1 aromatic carbocycles. The Morgan fingerprint density at radius 1 is 1.14 bits per heavy atom. The molecule has 2 aliphatic heterocycles. The topological polar surface area (TPSA) is 155 Å². The molecular formula is C29H37F3N4O6S2. The third-order valence-electron chi connectivity index (χ3n) is 8.04. The fraction of sp³-hybridized carbons (Fsp3) is 0.517. The molecule has 3 aromatic rings. The molecule has 2 aromatic heterocycles. The lowest BCUT2D eigenvalue weighted by atomic mass is 9.88. The number of halogens is 3. The van der Waals surface area contributed by atoms with Crippen molar-refractivity contribution in [1.29, 1.82) is 0 Å². The minimum absolute atomic E-state index is 0.129. The number of primary amides is 1. The predicted octanol–water partition coefficient (Wildman–Crippen LogP) is 4.67. The zero-order chi connectivity index (χ0) is 32.1. The zero-order valence-corrected chi connectivity index (χ0v) is 25.9. The van der Waals surface area contributed by atoms with E-state index in [1.807, 2.05) is 12.3 Å². The number of carboxylic acids is 1. The molecule has 2 saturated heterocycles. The van der Waals surface area contributed by atoms with Gasteiger partial charge in [-0.2, -0.15) is 13.2 Å². The number of benzene rings is 1. The number of ether oxygens (including phenoxy) is 1. The maximum atomic E-state index is 12.4. The van der Waals surface area contributed by atoms with Gasteiger partial charge in [-0.1, -0.05) is 0 Å². The number of sulfonamides is 1. The van der Waals surface area contributed by atoms with Crippen LogP contribution in [0, 0.1) is 5.92 Å². The Hall–Kier alpha value is -2.98. The summed E-state index contributed by atoms with van der Waals surface area (Å²) in [7, 11) is -3.17. The number of H-pyrrole nitrogens is 1. The van der Waals surface area contributed by atoms with E-state index in [1.165, 1.54) is 4.88 Å². The Morgan fingerprint density at radius 3 is 2.39 bits per heavy atom. The van der Waals surface area contributed by atoms with Crippen molar-refractivity contribution < 1.29 is 41.0 Å². The van der Waals surface area contributed by atoms with Gasteiger partial charge in [0.1, 0.15) is 0 Å². The highest BCUT2D eigenvalue weighted by Gasteiger charge is 2.38. The molecule has 10 nitrogen and oxygen atoms in total. The van der Waals surface area contributed by atoms with Crippen LogP contribution in [-0.2, 0) is 26.1 Å². The number of fused-ring (bicyclic) bond motifs is 1. The normalized spacial score (nSPS) is 17.4. The van der Waals surface area contributed by atoms with E-state index in [1.54, 1.807) is 22.6 Å². The number of nitrogens with one attached hydrogen (secondary N) is 2. The van der Waals surface area contributed by atoms with Gasteiger partial charge in [-0.25, -0.2) is 17.5 Å². The maximum Gasteiger partial charge on any atom is 0.490 e. The van der Waals surface area contributed by atoms with Gasteiger partial charge in [-0.3, -0.25) is 4.79 Å². The average molecular weight is 659 g/mol. The minimum atomic E-state index is -5.08. The van der Waals surface area contributed by atoms with Crippen LogP contribution in [0.4, 0.5) is 13.2 Å². The van der Waals surface area contributed by atoms with Gasteiger partial charge in [0.25, 0.3) is 5.91 Å². The standard InChI is InChI=1S/C27H36N4O4S2.C2HF3O2/c1-2-37(33,34)31-7-3-19(4-8-31)25-16-30-26-23(25)12-20(13-24(26)27(28)32)21-11-22(36-17-21)15-29-14-18-5-9-35-10-6-18;3-2(4,5)1(6)7/h11-13,16-19,29-30H,2-10,14-15H2,1H3,(H2,28,32);(H,6,7). The first-order chi connectivity index (χ1) is 20.8. The summed E-state index contributed by atoms with van der Waals surface area (Å²) in [5.74, 6) is -2.19. The number of hydrogen-bond acceptors (Lipinski definition) is 7. The van der Waals surface area contributed by atoms with Gasteiger partial charge in [-0.15, -0.1) is 11.3 Å². The lowest BCUT2D eigenvalue weighted by Crippen LogP contribution is -2.38. The molecular weight excluding hydrogens is 621 g/mol. The van der Waals surface area contributed by atoms with Crippen LogP contribution in [0.2, 0.25) is 0 Å². The molecule has 5 N–H and O–H groups in total. The quantitative estimate of drug-likeness (QED) is 0.260. The number of aromatic amines is 1. The fourth-order valence-electron chi connectivity index (χ4n) is 5.55. The minimum Gasteiger partial charge on any atom is -0.475 e. The Morgan fingerprint density at radius 2 is 1.80 bits per heavy atom. The highest BCUT2D eigenvalue weighted by molar-refractivity contribution is 7.89. The van der Waals surface area contributed by atoms with Crippen molar-refractivity contribution in [3.8, 4) is 11.1 Å². The van der Waals surface area contributed by atoms with Crippen LogP contribution in [0.25, 0.3) is 22.0 Å². The summed E-state index contributed by atoms with van der Waals surface area (Å²) >= 11 is 1.72. The summed E-state index contributed by atoms with van der Waals surface area (Å²) in [6.45, 7) is 6.26. The van der Waals surface area contributed by atoms with Crippen LogP contribution in [0.3, 0.4) is 0 Å². The molecule has 242 valence electrons. The molecule has 4 heterocycles. The Labute approximate surface area is 257 Å². The highest BCUT2D eigenvalue weighted by atomic mass is 32.2. The molecule has 0 unspecified atom stereocenters. The summed E-state index contributed by atoms with van der Waals surface area (Å²) in [6, 6.07) is 6.21. The number of carbonyl (C=O) groups excluding carboxylic acids is 1. The summed E-state index contributed by atoms with van der Waals surface area (Å²) < 4.78 is 63.4. The summed E-state index contributed by atoms with van der Waals surface area (Å²) in [4.78, 5) is 25.8. The highest BCUT2D eigenvalue weighted by Crippen LogP contribution is 2.38. The molecule has 0 spiro atoms. The maximum absolute atomic E-state index is 12.4. The first-order valence-electron chi connectivity index (χ1n) is 14.4. The van der Waals surface area contributed by atoms with Gasteiger partial charge in [0.2, 0.25) is 10.0 Å². The van der Waals surface area contributed by atoms with Crippen molar-refractivity contribution in [2.45, 2.75) is 51.2 Å². The number of hydrogen-bond donors (Lipinski definition) is 4. The molecule has 0 aliphatic carbocycles.